The molecule has 0 aromatic heterocycles. The molecule has 0 fully saturated rings. The lowest BCUT2D eigenvalue weighted by atomic mass is 10.1. The molecule has 3 nitrogen and oxygen atoms in total. The monoisotopic (exact) mass is 305 g/mol. The SMILES string of the molecule is CC(C)(C)OCCOc1ccc(CCN)cc1C(F)(F)F. The summed E-state index contributed by atoms with van der Waals surface area (Å²) < 4.78 is 49.7. The predicted octanol–water partition coefficient (Wildman–Crippen LogP) is 3.40. The third kappa shape index (κ3) is 6.35. The first-order valence-corrected chi connectivity index (χ1v) is 6.80. The van der Waals surface area contributed by atoms with Crippen LogP contribution in [0.25, 0.3) is 0 Å². The summed E-state index contributed by atoms with van der Waals surface area (Å²) in [5.74, 6) is -0.180. The number of ether oxygens (including phenoxy) is 2. The molecule has 2 N–H and O–H groups in total. The molecule has 0 saturated heterocycles. The van der Waals surface area contributed by atoms with E-state index in [2.05, 4.69) is 0 Å². The molecule has 0 spiro atoms. The van der Waals surface area contributed by atoms with Crippen LogP contribution in [0.1, 0.15) is 31.9 Å². The lowest BCUT2D eigenvalue weighted by Gasteiger charge is -2.20. The molecular weight excluding hydrogens is 283 g/mol. The van der Waals surface area contributed by atoms with Crippen molar-refractivity contribution in [1.29, 1.82) is 0 Å². The van der Waals surface area contributed by atoms with E-state index in [4.69, 9.17) is 15.2 Å². The molecule has 1 rings (SSSR count). The fourth-order valence-electron chi connectivity index (χ4n) is 1.75. The van der Waals surface area contributed by atoms with Crippen LogP contribution in [-0.2, 0) is 17.3 Å². The van der Waals surface area contributed by atoms with Gasteiger partial charge in [-0.3, -0.25) is 0 Å². The molecule has 0 unspecified atom stereocenters. The van der Waals surface area contributed by atoms with Crippen LogP contribution >= 0.6 is 0 Å². The fourth-order valence-corrected chi connectivity index (χ4v) is 1.75. The zero-order valence-electron chi connectivity index (χ0n) is 12.6. The fraction of sp³-hybridized carbons (Fsp3) is 0.600. The number of halogens is 3. The van der Waals surface area contributed by atoms with E-state index in [9.17, 15) is 13.2 Å². The van der Waals surface area contributed by atoms with E-state index in [0.717, 1.165) is 6.07 Å². The number of benzene rings is 1. The highest BCUT2D eigenvalue weighted by Crippen LogP contribution is 2.36. The highest BCUT2D eigenvalue weighted by molar-refractivity contribution is 5.39. The van der Waals surface area contributed by atoms with Crippen molar-refractivity contribution in [3.05, 3.63) is 29.3 Å². The average molecular weight is 305 g/mol. The van der Waals surface area contributed by atoms with Crippen LogP contribution in [0.4, 0.5) is 13.2 Å². The molecule has 0 saturated carbocycles. The van der Waals surface area contributed by atoms with Gasteiger partial charge in [-0.25, -0.2) is 0 Å². The maximum absolute atomic E-state index is 13.0. The Labute approximate surface area is 123 Å². The summed E-state index contributed by atoms with van der Waals surface area (Å²) in [6, 6.07) is 4.03. The van der Waals surface area contributed by atoms with Gasteiger partial charge >= 0.3 is 6.18 Å². The van der Waals surface area contributed by atoms with Gasteiger partial charge in [0.2, 0.25) is 0 Å². The molecule has 0 radical (unpaired) electrons. The van der Waals surface area contributed by atoms with Gasteiger partial charge < -0.3 is 15.2 Å². The van der Waals surface area contributed by atoms with E-state index >= 15 is 0 Å². The van der Waals surface area contributed by atoms with Crippen molar-refractivity contribution >= 4 is 0 Å². The summed E-state index contributed by atoms with van der Waals surface area (Å²) in [6.45, 7) is 6.21. The number of hydrogen-bond donors (Lipinski definition) is 1. The molecule has 0 bridgehead atoms. The molecule has 0 amide bonds. The Morgan fingerprint density at radius 3 is 2.29 bits per heavy atom. The van der Waals surface area contributed by atoms with E-state index in [-0.39, 0.29) is 24.6 Å². The van der Waals surface area contributed by atoms with Crippen molar-refractivity contribution in [2.75, 3.05) is 19.8 Å². The molecule has 0 aliphatic carbocycles. The normalized spacial score (nSPS) is 12.5. The van der Waals surface area contributed by atoms with E-state index < -0.39 is 11.7 Å². The Bertz CT molecular complexity index is 453. The van der Waals surface area contributed by atoms with Crippen molar-refractivity contribution in [3.63, 3.8) is 0 Å². The van der Waals surface area contributed by atoms with Gasteiger partial charge in [-0.1, -0.05) is 6.07 Å². The van der Waals surface area contributed by atoms with E-state index in [1.165, 1.54) is 6.07 Å². The summed E-state index contributed by atoms with van der Waals surface area (Å²) in [4.78, 5) is 0. The molecule has 0 aliphatic heterocycles. The van der Waals surface area contributed by atoms with Crippen LogP contribution < -0.4 is 10.5 Å². The first kappa shape index (κ1) is 17.8. The minimum absolute atomic E-state index is 0.0661. The van der Waals surface area contributed by atoms with Crippen molar-refractivity contribution in [2.24, 2.45) is 5.73 Å². The summed E-state index contributed by atoms with van der Waals surface area (Å²) in [5.41, 5.74) is 4.79. The molecule has 120 valence electrons. The topological polar surface area (TPSA) is 44.5 Å². The molecule has 21 heavy (non-hydrogen) atoms. The van der Waals surface area contributed by atoms with Gasteiger partial charge in [-0.05, 0) is 51.4 Å². The van der Waals surface area contributed by atoms with Crippen LogP contribution in [0.2, 0.25) is 0 Å². The first-order valence-electron chi connectivity index (χ1n) is 6.80. The third-order valence-corrected chi connectivity index (χ3v) is 2.66. The summed E-state index contributed by atoms with van der Waals surface area (Å²) in [6.07, 6.45) is -4.05. The molecular formula is C15H22F3NO2. The summed E-state index contributed by atoms with van der Waals surface area (Å²) in [5, 5.41) is 0. The standard InChI is InChI=1S/C15H22F3NO2/c1-14(2,3)21-9-8-20-13-5-4-11(6-7-19)10-12(13)15(16,17)18/h4-5,10H,6-9,19H2,1-3H3. The zero-order chi connectivity index (χ0) is 16.1. The van der Waals surface area contributed by atoms with Gasteiger partial charge in [-0.15, -0.1) is 0 Å². The van der Waals surface area contributed by atoms with Gasteiger partial charge in [-0.2, -0.15) is 13.2 Å². The number of nitrogens with two attached hydrogens (primary N) is 1. The largest absolute Gasteiger partial charge is 0.491 e. The highest BCUT2D eigenvalue weighted by atomic mass is 19.4. The smallest absolute Gasteiger partial charge is 0.419 e. The molecule has 1 aromatic carbocycles. The van der Waals surface area contributed by atoms with Crippen LogP contribution in [0.3, 0.4) is 0 Å². The Balaban J connectivity index is 2.77. The number of hydrogen-bond acceptors (Lipinski definition) is 3. The zero-order valence-corrected chi connectivity index (χ0v) is 12.6. The van der Waals surface area contributed by atoms with Gasteiger partial charge in [0, 0.05) is 0 Å². The molecule has 0 atom stereocenters. The second kappa shape index (κ2) is 7.13. The van der Waals surface area contributed by atoms with Gasteiger partial charge in [0.15, 0.2) is 0 Å². The van der Waals surface area contributed by atoms with Gasteiger partial charge in [0.25, 0.3) is 0 Å². The molecule has 0 heterocycles. The first-order chi connectivity index (χ1) is 9.63. The van der Waals surface area contributed by atoms with Crippen LogP contribution in [-0.4, -0.2) is 25.4 Å². The maximum Gasteiger partial charge on any atom is 0.419 e. The molecule has 6 heteroatoms. The predicted molar refractivity (Wildman–Crippen MR) is 75.4 cm³/mol. The van der Waals surface area contributed by atoms with Crippen LogP contribution in [0.15, 0.2) is 18.2 Å². The van der Waals surface area contributed by atoms with E-state index in [1.54, 1.807) is 6.07 Å². The Kier molecular flexibility index (Phi) is 6.04. The van der Waals surface area contributed by atoms with Crippen molar-refractivity contribution in [3.8, 4) is 5.75 Å². The van der Waals surface area contributed by atoms with E-state index in [1.807, 2.05) is 20.8 Å². The van der Waals surface area contributed by atoms with Gasteiger partial charge in [0.1, 0.15) is 12.4 Å². The quantitative estimate of drug-likeness (QED) is 0.819. The molecule has 1 aromatic rings. The van der Waals surface area contributed by atoms with E-state index in [0.29, 0.717) is 18.5 Å². The Hall–Kier alpha value is -1.27. The average Bonchev–Trinajstić information content (AvgIpc) is 2.34. The van der Waals surface area contributed by atoms with Crippen molar-refractivity contribution in [1.82, 2.24) is 0 Å². The minimum atomic E-state index is -4.45. The van der Waals surface area contributed by atoms with Crippen LogP contribution in [0, 0.1) is 0 Å². The highest BCUT2D eigenvalue weighted by Gasteiger charge is 2.34. The lowest BCUT2D eigenvalue weighted by molar-refractivity contribution is -0.139. The van der Waals surface area contributed by atoms with Crippen molar-refractivity contribution < 1.29 is 22.6 Å². The number of alkyl halides is 3. The van der Waals surface area contributed by atoms with Crippen molar-refractivity contribution in [2.45, 2.75) is 39.0 Å². The van der Waals surface area contributed by atoms with Gasteiger partial charge in [0.05, 0.1) is 17.8 Å². The molecule has 0 aliphatic rings. The second-order valence-electron chi connectivity index (χ2n) is 5.68. The second-order valence-corrected chi connectivity index (χ2v) is 5.68. The summed E-state index contributed by atoms with van der Waals surface area (Å²) >= 11 is 0. The lowest BCUT2D eigenvalue weighted by Crippen LogP contribution is -2.23. The third-order valence-electron chi connectivity index (χ3n) is 2.66. The Morgan fingerprint density at radius 1 is 1.10 bits per heavy atom. The van der Waals surface area contributed by atoms with Crippen LogP contribution in [0.5, 0.6) is 5.75 Å². The maximum atomic E-state index is 13.0. The number of rotatable bonds is 6. The minimum Gasteiger partial charge on any atom is -0.491 e. The summed E-state index contributed by atoms with van der Waals surface area (Å²) in [7, 11) is 0. The Morgan fingerprint density at radius 2 is 1.76 bits per heavy atom.